The van der Waals surface area contributed by atoms with E-state index in [-0.39, 0.29) is 11.9 Å². The molecule has 2 aromatic rings. The summed E-state index contributed by atoms with van der Waals surface area (Å²) in [4.78, 5) is 21.1. The van der Waals surface area contributed by atoms with Crippen LogP contribution in [0.15, 0.2) is 30.3 Å². The molecule has 0 saturated carbocycles. The summed E-state index contributed by atoms with van der Waals surface area (Å²) < 4.78 is 4.50. The third kappa shape index (κ3) is 3.93. The molecule has 1 aromatic heterocycles. The first-order valence-corrected chi connectivity index (χ1v) is 9.35. The van der Waals surface area contributed by atoms with Gasteiger partial charge < -0.3 is 9.80 Å². The lowest BCUT2D eigenvalue weighted by atomic mass is 10.1. The molecule has 1 atom stereocenters. The predicted molar refractivity (Wildman–Crippen MR) is 97.5 cm³/mol. The maximum atomic E-state index is 12.1. The Morgan fingerprint density at radius 2 is 2.08 bits per heavy atom. The van der Waals surface area contributed by atoms with Crippen molar-refractivity contribution >= 4 is 22.6 Å². The summed E-state index contributed by atoms with van der Waals surface area (Å²) in [5, 5.41) is 0.968. The van der Waals surface area contributed by atoms with Gasteiger partial charge >= 0.3 is 0 Å². The summed E-state index contributed by atoms with van der Waals surface area (Å²) in [5.74, 6) is 1.14. The minimum Gasteiger partial charge on any atom is -0.343 e. The molecule has 2 heterocycles. The Labute approximate surface area is 147 Å². The van der Waals surface area contributed by atoms with Gasteiger partial charge in [-0.1, -0.05) is 37.3 Å². The minimum absolute atomic E-state index is 0.222. The fraction of sp³-hybridized carbons (Fsp3) is 0.500. The van der Waals surface area contributed by atoms with Crippen molar-refractivity contribution in [2.24, 2.45) is 0 Å². The molecule has 1 saturated heterocycles. The first-order valence-electron chi connectivity index (χ1n) is 8.58. The predicted octanol–water partition coefficient (Wildman–Crippen LogP) is 2.97. The summed E-state index contributed by atoms with van der Waals surface area (Å²) in [6.45, 7) is 6.60. The molecule has 6 heteroatoms. The van der Waals surface area contributed by atoms with E-state index in [9.17, 15) is 4.79 Å². The number of carbonyl (C=O) groups is 1. The maximum Gasteiger partial charge on any atom is 0.222 e. The molecular weight excluding hydrogens is 320 g/mol. The number of hydrogen-bond donors (Lipinski definition) is 0. The van der Waals surface area contributed by atoms with Gasteiger partial charge in [-0.05, 0) is 18.9 Å². The third-order valence-electron chi connectivity index (χ3n) is 4.34. The Kier molecular flexibility index (Phi) is 5.45. The Morgan fingerprint density at radius 1 is 1.29 bits per heavy atom. The van der Waals surface area contributed by atoms with Gasteiger partial charge in [0.1, 0.15) is 5.82 Å². The molecule has 0 bridgehead atoms. The molecule has 1 unspecified atom stereocenters. The van der Waals surface area contributed by atoms with E-state index in [1.54, 1.807) is 0 Å². The SMILES string of the molecule is CCCC(=O)N1CCN(c2nc(Cc3ccccc3)ns2)CC1C. The van der Waals surface area contributed by atoms with Gasteiger partial charge in [-0.3, -0.25) is 4.79 Å². The van der Waals surface area contributed by atoms with Gasteiger partial charge in [0.25, 0.3) is 0 Å². The van der Waals surface area contributed by atoms with Gasteiger partial charge in [0.2, 0.25) is 11.0 Å². The summed E-state index contributed by atoms with van der Waals surface area (Å²) in [7, 11) is 0. The van der Waals surface area contributed by atoms with Crippen LogP contribution < -0.4 is 4.90 Å². The Morgan fingerprint density at radius 3 is 2.79 bits per heavy atom. The first-order chi connectivity index (χ1) is 11.7. The van der Waals surface area contributed by atoms with Crippen molar-refractivity contribution in [2.75, 3.05) is 24.5 Å². The summed E-state index contributed by atoms with van der Waals surface area (Å²) in [6.07, 6.45) is 2.32. The van der Waals surface area contributed by atoms with E-state index < -0.39 is 0 Å². The molecule has 1 fully saturated rings. The number of nitrogens with zero attached hydrogens (tertiary/aromatic N) is 4. The first kappa shape index (κ1) is 16.9. The minimum atomic E-state index is 0.222. The molecule has 128 valence electrons. The van der Waals surface area contributed by atoms with Crippen LogP contribution in [-0.4, -0.2) is 45.8 Å². The average molecular weight is 344 g/mol. The maximum absolute atomic E-state index is 12.1. The van der Waals surface area contributed by atoms with E-state index in [0.717, 1.165) is 43.4 Å². The number of amides is 1. The van der Waals surface area contributed by atoms with E-state index >= 15 is 0 Å². The van der Waals surface area contributed by atoms with Gasteiger partial charge in [-0.2, -0.15) is 4.37 Å². The van der Waals surface area contributed by atoms with E-state index in [0.29, 0.717) is 6.42 Å². The Bertz CT molecular complexity index is 673. The molecule has 1 amide bonds. The van der Waals surface area contributed by atoms with Crippen LogP contribution in [0.5, 0.6) is 0 Å². The number of benzene rings is 1. The van der Waals surface area contributed by atoms with Crippen LogP contribution in [0.1, 0.15) is 38.1 Å². The molecule has 1 aromatic carbocycles. The van der Waals surface area contributed by atoms with Crippen LogP contribution in [-0.2, 0) is 11.2 Å². The van der Waals surface area contributed by atoms with Crippen LogP contribution in [0.4, 0.5) is 5.13 Å². The molecule has 1 aliphatic heterocycles. The highest BCUT2D eigenvalue weighted by Crippen LogP contribution is 2.22. The zero-order valence-corrected chi connectivity index (χ0v) is 15.1. The summed E-state index contributed by atoms with van der Waals surface area (Å²) >= 11 is 1.46. The van der Waals surface area contributed by atoms with Crippen LogP contribution in [0.25, 0.3) is 0 Å². The van der Waals surface area contributed by atoms with E-state index in [4.69, 9.17) is 4.98 Å². The molecule has 3 rings (SSSR count). The normalized spacial score (nSPS) is 18.0. The second-order valence-corrected chi connectivity index (χ2v) is 7.02. The molecule has 0 N–H and O–H groups in total. The monoisotopic (exact) mass is 344 g/mol. The van der Waals surface area contributed by atoms with Crippen LogP contribution in [0, 0.1) is 0 Å². The Hall–Kier alpha value is -1.95. The topological polar surface area (TPSA) is 49.3 Å². The molecule has 0 spiro atoms. The van der Waals surface area contributed by atoms with E-state index in [2.05, 4.69) is 28.3 Å². The van der Waals surface area contributed by atoms with Crippen LogP contribution >= 0.6 is 11.5 Å². The standard InChI is InChI=1S/C18H24N4OS/c1-3-7-17(23)22-11-10-21(13-14(22)2)18-19-16(20-24-18)12-15-8-5-4-6-9-15/h4-6,8-9,14H,3,7,10-13H2,1-2H3. The van der Waals surface area contributed by atoms with Gasteiger partial charge in [0, 0.05) is 50.1 Å². The van der Waals surface area contributed by atoms with E-state index in [1.807, 2.05) is 30.0 Å². The zero-order valence-electron chi connectivity index (χ0n) is 14.3. The number of aromatic nitrogens is 2. The molecule has 0 aliphatic carbocycles. The number of piperazine rings is 1. The molecular formula is C18H24N4OS. The van der Waals surface area contributed by atoms with Crippen LogP contribution in [0.3, 0.4) is 0 Å². The Balaban J connectivity index is 1.61. The summed E-state index contributed by atoms with van der Waals surface area (Å²) in [5.41, 5.74) is 1.23. The van der Waals surface area contributed by atoms with Gasteiger partial charge in [0.15, 0.2) is 0 Å². The van der Waals surface area contributed by atoms with Crippen molar-refractivity contribution in [3.8, 4) is 0 Å². The molecule has 24 heavy (non-hydrogen) atoms. The van der Waals surface area contributed by atoms with Crippen molar-refractivity contribution in [2.45, 2.75) is 39.2 Å². The molecule has 5 nitrogen and oxygen atoms in total. The van der Waals surface area contributed by atoms with Gasteiger partial charge in [0.05, 0.1) is 0 Å². The fourth-order valence-electron chi connectivity index (χ4n) is 3.08. The quantitative estimate of drug-likeness (QED) is 0.837. The van der Waals surface area contributed by atoms with Gasteiger partial charge in [-0.15, -0.1) is 0 Å². The van der Waals surface area contributed by atoms with Crippen molar-refractivity contribution < 1.29 is 4.79 Å². The molecule has 1 aliphatic rings. The zero-order chi connectivity index (χ0) is 16.9. The second-order valence-electron chi connectivity index (χ2n) is 6.29. The van der Waals surface area contributed by atoms with Crippen molar-refractivity contribution in [1.82, 2.24) is 14.3 Å². The number of hydrogen-bond acceptors (Lipinski definition) is 5. The molecule has 0 radical (unpaired) electrons. The lowest BCUT2D eigenvalue weighted by Gasteiger charge is -2.39. The smallest absolute Gasteiger partial charge is 0.222 e. The third-order valence-corrected chi connectivity index (χ3v) is 5.16. The van der Waals surface area contributed by atoms with Crippen molar-refractivity contribution in [3.63, 3.8) is 0 Å². The largest absolute Gasteiger partial charge is 0.343 e. The lowest BCUT2D eigenvalue weighted by molar-refractivity contribution is -0.133. The number of rotatable bonds is 5. The van der Waals surface area contributed by atoms with E-state index in [1.165, 1.54) is 17.1 Å². The highest BCUT2D eigenvalue weighted by molar-refractivity contribution is 7.09. The highest BCUT2D eigenvalue weighted by atomic mass is 32.1. The number of anilines is 1. The number of carbonyl (C=O) groups excluding carboxylic acids is 1. The van der Waals surface area contributed by atoms with Crippen molar-refractivity contribution in [1.29, 1.82) is 0 Å². The average Bonchev–Trinajstić information content (AvgIpc) is 3.04. The van der Waals surface area contributed by atoms with Crippen molar-refractivity contribution in [3.05, 3.63) is 41.7 Å². The van der Waals surface area contributed by atoms with Gasteiger partial charge in [-0.25, -0.2) is 4.98 Å². The fourth-order valence-corrected chi connectivity index (χ4v) is 3.80. The van der Waals surface area contributed by atoms with Crippen LogP contribution in [0.2, 0.25) is 0 Å². The lowest BCUT2D eigenvalue weighted by Crippen LogP contribution is -2.54. The second kappa shape index (κ2) is 7.75. The highest BCUT2D eigenvalue weighted by Gasteiger charge is 2.28. The summed E-state index contributed by atoms with van der Waals surface area (Å²) in [6, 6.07) is 10.5.